The first-order chi connectivity index (χ1) is 18.8. The van der Waals surface area contributed by atoms with Crippen molar-refractivity contribution in [2.45, 2.75) is 13.1 Å². The molecule has 0 saturated heterocycles. The monoisotopic (exact) mass is 497 g/mol. The Hall–Kier alpha value is -5.08. The largest absolute Gasteiger partial charge is 0.472 e. The fourth-order valence-electron chi connectivity index (χ4n) is 4.69. The first-order valence-corrected chi connectivity index (χ1v) is 12.4. The summed E-state index contributed by atoms with van der Waals surface area (Å²) < 4.78 is 5.29. The molecule has 8 nitrogen and oxygen atoms in total. The second-order valence-electron chi connectivity index (χ2n) is 9.14. The zero-order valence-corrected chi connectivity index (χ0v) is 20.3. The lowest BCUT2D eigenvalue weighted by atomic mass is 10.1. The molecular weight excluding hydrogens is 474 g/mol. The van der Waals surface area contributed by atoms with E-state index in [1.54, 1.807) is 12.5 Å². The van der Waals surface area contributed by atoms with Crippen LogP contribution in [-0.2, 0) is 13.1 Å². The Labute approximate surface area is 217 Å². The van der Waals surface area contributed by atoms with Crippen LogP contribution in [0.1, 0.15) is 11.1 Å². The number of aromatic nitrogens is 6. The zero-order chi connectivity index (χ0) is 25.3. The lowest BCUT2D eigenvalue weighted by molar-refractivity contribution is 0.568. The van der Waals surface area contributed by atoms with Crippen LogP contribution in [0.25, 0.3) is 56.0 Å². The van der Waals surface area contributed by atoms with Crippen LogP contribution in [0.3, 0.4) is 0 Å². The van der Waals surface area contributed by atoms with Crippen molar-refractivity contribution >= 4 is 22.1 Å². The van der Waals surface area contributed by atoms with Gasteiger partial charge < -0.3 is 14.7 Å². The molecule has 0 aliphatic carbocycles. The van der Waals surface area contributed by atoms with E-state index in [-0.39, 0.29) is 0 Å². The lowest BCUT2D eigenvalue weighted by Crippen LogP contribution is -2.12. The molecule has 0 atom stereocenters. The Balaban J connectivity index is 1.20. The number of pyridine rings is 2. The number of fused-ring (bicyclic) bond motifs is 2. The molecule has 5 heterocycles. The molecule has 7 aromatic rings. The minimum absolute atomic E-state index is 0.656. The molecule has 5 aromatic heterocycles. The molecular formula is C30H23N7O. The molecule has 0 amide bonds. The lowest BCUT2D eigenvalue weighted by Gasteiger charge is -2.07. The first kappa shape index (κ1) is 22.1. The molecule has 0 spiro atoms. The van der Waals surface area contributed by atoms with E-state index < -0.39 is 0 Å². The third-order valence-electron chi connectivity index (χ3n) is 6.57. The molecule has 0 bridgehead atoms. The number of furan rings is 1. The van der Waals surface area contributed by atoms with Crippen LogP contribution in [0.4, 0.5) is 0 Å². The third-order valence-corrected chi connectivity index (χ3v) is 6.57. The van der Waals surface area contributed by atoms with Gasteiger partial charge in [0.1, 0.15) is 5.52 Å². The predicted octanol–water partition coefficient (Wildman–Crippen LogP) is 6.11. The van der Waals surface area contributed by atoms with Gasteiger partial charge in [-0.3, -0.25) is 10.1 Å². The van der Waals surface area contributed by atoms with Crippen molar-refractivity contribution in [2.24, 2.45) is 0 Å². The van der Waals surface area contributed by atoms with Crippen molar-refractivity contribution in [3.05, 3.63) is 109 Å². The SMILES string of the molecule is c1ccc(CNCc2cncc(-c3ccc4[nH]nc(-c5nc6c(-c7ccoc7)cccc6[nH]5)c4n3)c2)cc1. The molecule has 3 N–H and O–H groups in total. The molecule has 8 heteroatoms. The average Bonchev–Trinajstić information content (AvgIpc) is 3.73. The number of benzene rings is 2. The van der Waals surface area contributed by atoms with Crippen molar-refractivity contribution < 1.29 is 4.42 Å². The van der Waals surface area contributed by atoms with Crippen LogP contribution in [0.5, 0.6) is 0 Å². The molecule has 38 heavy (non-hydrogen) atoms. The topological polar surface area (TPSA) is 108 Å². The summed E-state index contributed by atoms with van der Waals surface area (Å²) in [5.41, 5.74) is 10.1. The smallest absolute Gasteiger partial charge is 0.161 e. The van der Waals surface area contributed by atoms with Crippen molar-refractivity contribution in [3.63, 3.8) is 0 Å². The van der Waals surface area contributed by atoms with Crippen LogP contribution in [0, 0.1) is 0 Å². The van der Waals surface area contributed by atoms with Gasteiger partial charge in [-0.25, -0.2) is 9.97 Å². The number of nitrogens with one attached hydrogen (secondary N) is 3. The van der Waals surface area contributed by atoms with E-state index in [4.69, 9.17) is 14.4 Å². The quantitative estimate of drug-likeness (QED) is 0.245. The molecule has 7 rings (SSSR count). The number of nitrogens with zero attached hydrogens (tertiary/aromatic N) is 4. The van der Waals surface area contributed by atoms with E-state index in [9.17, 15) is 0 Å². The van der Waals surface area contributed by atoms with Crippen LogP contribution >= 0.6 is 0 Å². The number of imidazole rings is 1. The van der Waals surface area contributed by atoms with Crippen molar-refractivity contribution in [1.82, 2.24) is 35.5 Å². The summed E-state index contributed by atoms with van der Waals surface area (Å²) in [5.74, 6) is 0.656. The summed E-state index contributed by atoms with van der Waals surface area (Å²) in [6, 6.07) is 24.4. The summed E-state index contributed by atoms with van der Waals surface area (Å²) >= 11 is 0. The minimum Gasteiger partial charge on any atom is -0.472 e. The Kier molecular flexibility index (Phi) is 5.49. The van der Waals surface area contributed by atoms with E-state index in [0.717, 1.165) is 56.6 Å². The van der Waals surface area contributed by atoms with E-state index in [2.05, 4.69) is 55.8 Å². The molecule has 0 fully saturated rings. The molecule has 0 radical (unpaired) electrons. The Bertz CT molecular complexity index is 1850. The highest BCUT2D eigenvalue weighted by Crippen LogP contribution is 2.32. The van der Waals surface area contributed by atoms with Crippen LogP contribution < -0.4 is 5.32 Å². The van der Waals surface area contributed by atoms with E-state index in [1.807, 2.05) is 54.9 Å². The highest BCUT2D eigenvalue weighted by molar-refractivity contribution is 5.96. The maximum absolute atomic E-state index is 5.29. The summed E-state index contributed by atoms with van der Waals surface area (Å²) in [6.45, 7) is 1.51. The molecule has 0 aliphatic heterocycles. The predicted molar refractivity (Wildman–Crippen MR) is 147 cm³/mol. The fourth-order valence-corrected chi connectivity index (χ4v) is 4.69. The summed E-state index contributed by atoms with van der Waals surface area (Å²) in [7, 11) is 0. The van der Waals surface area contributed by atoms with Crippen LogP contribution in [-0.4, -0.2) is 30.1 Å². The minimum atomic E-state index is 0.656. The van der Waals surface area contributed by atoms with Gasteiger partial charge in [0.2, 0.25) is 0 Å². The molecule has 0 saturated carbocycles. The van der Waals surface area contributed by atoms with Gasteiger partial charge in [0, 0.05) is 42.2 Å². The van der Waals surface area contributed by atoms with Gasteiger partial charge in [0.25, 0.3) is 0 Å². The number of hydrogen-bond acceptors (Lipinski definition) is 6. The maximum atomic E-state index is 5.29. The Morgan fingerprint density at radius 2 is 1.68 bits per heavy atom. The van der Waals surface area contributed by atoms with Crippen molar-refractivity contribution in [1.29, 1.82) is 0 Å². The van der Waals surface area contributed by atoms with Gasteiger partial charge in [0.15, 0.2) is 11.5 Å². The Morgan fingerprint density at radius 3 is 2.58 bits per heavy atom. The normalized spacial score (nSPS) is 11.5. The molecule has 0 aliphatic rings. The summed E-state index contributed by atoms with van der Waals surface area (Å²) in [5, 5.41) is 11.1. The van der Waals surface area contributed by atoms with Crippen LogP contribution in [0.2, 0.25) is 0 Å². The van der Waals surface area contributed by atoms with Gasteiger partial charge in [-0.2, -0.15) is 5.10 Å². The van der Waals surface area contributed by atoms with Gasteiger partial charge in [0.05, 0.1) is 34.8 Å². The number of aromatic amines is 2. The molecule has 0 unspecified atom stereocenters. The zero-order valence-electron chi connectivity index (χ0n) is 20.3. The standard InChI is InChI=1S/C30H23N7O/c1-2-5-19(6-3-1)14-31-15-20-13-22(17-32-16-20)24-9-10-26-28(33-24)29(37-36-26)30-34-25-8-4-7-23(27(25)35-30)21-11-12-38-18-21/h1-13,16-18,31H,14-15H2,(H,34,35)(H,36,37). The highest BCUT2D eigenvalue weighted by Gasteiger charge is 2.17. The van der Waals surface area contributed by atoms with E-state index in [1.165, 1.54) is 5.56 Å². The highest BCUT2D eigenvalue weighted by atomic mass is 16.3. The molecule has 184 valence electrons. The van der Waals surface area contributed by atoms with E-state index in [0.29, 0.717) is 18.1 Å². The second-order valence-corrected chi connectivity index (χ2v) is 9.14. The Morgan fingerprint density at radius 1 is 0.763 bits per heavy atom. The molecule has 2 aromatic carbocycles. The average molecular weight is 498 g/mol. The number of para-hydroxylation sites is 1. The van der Waals surface area contributed by atoms with Gasteiger partial charge >= 0.3 is 0 Å². The summed E-state index contributed by atoms with van der Waals surface area (Å²) in [4.78, 5) is 17.7. The van der Waals surface area contributed by atoms with E-state index >= 15 is 0 Å². The van der Waals surface area contributed by atoms with Gasteiger partial charge in [-0.1, -0.05) is 42.5 Å². The maximum Gasteiger partial charge on any atom is 0.161 e. The van der Waals surface area contributed by atoms with Crippen molar-refractivity contribution in [2.75, 3.05) is 0 Å². The van der Waals surface area contributed by atoms with Gasteiger partial charge in [-0.15, -0.1) is 0 Å². The second kappa shape index (κ2) is 9.42. The number of H-pyrrole nitrogens is 2. The fraction of sp³-hybridized carbons (Fsp3) is 0.0667. The number of rotatable bonds is 7. The van der Waals surface area contributed by atoms with Crippen molar-refractivity contribution in [3.8, 4) is 33.9 Å². The summed E-state index contributed by atoms with van der Waals surface area (Å²) in [6.07, 6.45) is 7.11. The number of hydrogen-bond donors (Lipinski definition) is 3. The first-order valence-electron chi connectivity index (χ1n) is 12.4. The van der Waals surface area contributed by atoms with Crippen LogP contribution in [0.15, 0.2) is 102 Å². The third kappa shape index (κ3) is 4.12. The van der Waals surface area contributed by atoms with Gasteiger partial charge in [-0.05, 0) is 41.5 Å².